The lowest BCUT2D eigenvalue weighted by atomic mass is 10.2. The maximum Gasteiger partial charge on any atom is 0.131 e. The smallest absolute Gasteiger partial charge is 0.131 e. The Bertz CT molecular complexity index is 700. The molecule has 0 saturated carbocycles. The van der Waals surface area contributed by atoms with Crippen molar-refractivity contribution < 1.29 is 0 Å². The minimum absolute atomic E-state index is 0.782. The normalized spacial score (nSPS) is 16.8. The number of hydrogen-bond donors (Lipinski definition) is 0. The van der Waals surface area contributed by atoms with Gasteiger partial charge in [-0.05, 0) is 12.0 Å². The number of halogens is 1. The minimum Gasteiger partial charge on any atom is -0.297 e. The number of piperazine rings is 1. The van der Waals surface area contributed by atoms with Crippen LogP contribution in [-0.4, -0.2) is 52.3 Å². The van der Waals surface area contributed by atoms with Gasteiger partial charge in [0.25, 0.3) is 0 Å². The molecule has 0 amide bonds. The molecular formula is C20H27ClN4. The van der Waals surface area contributed by atoms with Crippen molar-refractivity contribution in [2.24, 2.45) is 7.05 Å². The fourth-order valence-corrected chi connectivity index (χ4v) is 3.50. The second kappa shape index (κ2) is 8.65. The van der Waals surface area contributed by atoms with Gasteiger partial charge in [0, 0.05) is 51.9 Å². The molecule has 1 aliphatic rings. The average Bonchev–Trinajstić information content (AvgIpc) is 2.92. The van der Waals surface area contributed by atoms with Crippen molar-refractivity contribution in [2.45, 2.75) is 19.9 Å². The summed E-state index contributed by atoms with van der Waals surface area (Å²) in [5, 5.41) is 5.30. The third kappa shape index (κ3) is 4.72. The molecule has 1 saturated heterocycles. The third-order valence-corrected chi connectivity index (χ3v) is 5.28. The van der Waals surface area contributed by atoms with Crippen molar-refractivity contribution in [3.05, 3.63) is 58.4 Å². The Balaban J connectivity index is 1.48. The summed E-state index contributed by atoms with van der Waals surface area (Å²) in [7, 11) is 1.92. The van der Waals surface area contributed by atoms with Crippen molar-refractivity contribution >= 4 is 17.7 Å². The first-order chi connectivity index (χ1) is 12.2. The molecule has 0 bridgehead atoms. The van der Waals surface area contributed by atoms with Crippen molar-refractivity contribution in [3.63, 3.8) is 0 Å². The number of rotatable bonds is 6. The molecule has 5 heteroatoms. The average molecular weight is 359 g/mol. The number of aryl methyl sites for hydroxylation is 2. The molecule has 1 aromatic heterocycles. The molecule has 3 rings (SSSR count). The van der Waals surface area contributed by atoms with Crippen LogP contribution < -0.4 is 0 Å². The van der Waals surface area contributed by atoms with Crippen LogP contribution in [0.1, 0.15) is 23.7 Å². The van der Waals surface area contributed by atoms with Gasteiger partial charge < -0.3 is 0 Å². The van der Waals surface area contributed by atoms with E-state index in [0.717, 1.165) is 56.5 Å². The van der Waals surface area contributed by atoms with Crippen LogP contribution in [0.15, 0.2) is 36.4 Å². The molecule has 0 N–H and O–H groups in total. The van der Waals surface area contributed by atoms with Gasteiger partial charge in [0.15, 0.2) is 0 Å². The summed E-state index contributed by atoms with van der Waals surface area (Å²) >= 11 is 6.42. The predicted octanol–water partition coefficient (Wildman–Crippen LogP) is 3.47. The highest BCUT2D eigenvalue weighted by Crippen LogP contribution is 2.22. The molecule has 25 heavy (non-hydrogen) atoms. The van der Waals surface area contributed by atoms with E-state index in [2.05, 4.69) is 64.3 Å². The van der Waals surface area contributed by atoms with E-state index in [1.807, 2.05) is 7.05 Å². The number of nitrogens with zero attached hydrogens (tertiary/aromatic N) is 4. The minimum atomic E-state index is 0.782. The van der Waals surface area contributed by atoms with Crippen molar-refractivity contribution in [2.75, 3.05) is 32.7 Å². The quantitative estimate of drug-likeness (QED) is 0.790. The Kier molecular flexibility index (Phi) is 6.29. The van der Waals surface area contributed by atoms with Gasteiger partial charge >= 0.3 is 0 Å². The maximum absolute atomic E-state index is 6.42. The number of aromatic nitrogens is 2. The van der Waals surface area contributed by atoms with E-state index in [1.165, 1.54) is 11.1 Å². The monoisotopic (exact) mass is 358 g/mol. The standard InChI is InChI=1S/C20H27ClN4/c1-3-19-18(20(21)23(2)22-19)16-25-14-12-24(13-15-25)11-7-10-17-8-5-4-6-9-17/h4-10H,3,11-16H2,1-2H3/b10-7+. The van der Waals surface area contributed by atoms with Crippen LogP contribution in [0.4, 0.5) is 0 Å². The van der Waals surface area contributed by atoms with E-state index < -0.39 is 0 Å². The molecule has 4 nitrogen and oxygen atoms in total. The van der Waals surface area contributed by atoms with Gasteiger partial charge in [0.2, 0.25) is 0 Å². The lowest BCUT2D eigenvalue weighted by molar-refractivity contribution is 0.137. The van der Waals surface area contributed by atoms with Gasteiger partial charge in [-0.2, -0.15) is 5.10 Å². The molecule has 0 aliphatic carbocycles. The summed E-state index contributed by atoms with van der Waals surface area (Å²) in [4.78, 5) is 4.99. The summed E-state index contributed by atoms with van der Waals surface area (Å²) in [5.41, 5.74) is 3.59. The van der Waals surface area contributed by atoms with E-state index >= 15 is 0 Å². The van der Waals surface area contributed by atoms with E-state index in [-0.39, 0.29) is 0 Å². The highest BCUT2D eigenvalue weighted by atomic mass is 35.5. The van der Waals surface area contributed by atoms with Gasteiger partial charge in [-0.3, -0.25) is 14.5 Å². The molecule has 2 aromatic rings. The van der Waals surface area contributed by atoms with Crippen molar-refractivity contribution in [1.82, 2.24) is 19.6 Å². The van der Waals surface area contributed by atoms with Crippen LogP contribution in [0.2, 0.25) is 5.15 Å². The zero-order valence-corrected chi connectivity index (χ0v) is 15.9. The Hall–Kier alpha value is -1.62. The molecule has 0 radical (unpaired) electrons. The topological polar surface area (TPSA) is 24.3 Å². The molecule has 0 unspecified atom stereocenters. The fourth-order valence-electron chi connectivity index (χ4n) is 3.30. The molecular weight excluding hydrogens is 332 g/mol. The molecule has 1 aliphatic heterocycles. The van der Waals surface area contributed by atoms with Crippen LogP contribution in [0.25, 0.3) is 6.08 Å². The van der Waals surface area contributed by atoms with E-state index in [1.54, 1.807) is 4.68 Å². The lowest BCUT2D eigenvalue weighted by Gasteiger charge is -2.34. The lowest BCUT2D eigenvalue weighted by Crippen LogP contribution is -2.45. The Morgan fingerprint density at radius 2 is 1.76 bits per heavy atom. The maximum atomic E-state index is 6.42. The number of benzene rings is 1. The van der Waals surface area contributed by atoms with Gasteiger partial charge in [0.1, 0.15) is 5.15 Å². The molecule has 2 heterocycles. The van der Waals surface area contributed by atoms with Gasteiger partial charge in [-0.1, -0.05) is 61.0 Å². The predicted molar refractivity (Wildman–Crippen MR) is 105 cm³/mol. The number of hydrogen-bond acceptors (Lipinski definition) is 3. The van der Waals surface area contributed by atoms with Crippen molar-refractivity contribution in [1.29, 1.82) is 0 Å². The van der Waals surface area contributed by atoms with Crippen LogP contribution in [-0.2, 0) is 20.0 Å². The van der Waals surface area contributed by atoms with E-state index in [9.17, 15) is 0 Å². The molecule has 0 atom stereocenters. The molecule has 0 spiro atoms. The SMILES string of the molecule is CCc1nn(C)c(Cl)c1CN1CCN(C/C=C/c2ccccc2)CC1. The zero-order chi connectivity index (χ0) is 17.6. The highest BCUT2D eigenvalue weighted by molar-refractivity contribution is 6.30. The second-order valence-corrected chi connectivity index (χ2v) is 6.94. The van der Waals surface area contributed by atoms with E-state index in [0.29, 0.717) is 0 Å². The highest BCUT2D eigenvalue weighted by Gasteiger charge is 2.20. The van der Waals surface area contributed by atoms with Crippen LogP contribution in [0.5, 0.6) is 0 Å². The summed E-state index contributed by atoms with van der Waals surface area (Å²) in [6.07, 6.45) is 5.40. The zero-order valence-electron chi connectivity index (χ0n) is 15.2. The fraction of sp³-hybridized carbons (Fsp3) is 0.450. The Morgan fingerprint density at radius 3 is 2.44 bits per heavy atom. The molecule has 1 fully saturated rings. The van der Waals surface area contributed by atoms with Crippen molar-refractivity contribution in [3.8, 4) is 0 Å². The summed E-state index contributed by atoms with van der Waals surface area (Å²) in [5.74, 6) is 0. The first-order valence-corrected chi connectivity index (χ1v) is 9.41. The van der Waals surface area contributed by atoms with Crippen LogP contribution in [0.3, 0.4) is 0 Å². The van der Waals surface area contributed by atoms with Crippen LogP contribution >= 0.6 is 11.6 Å². The van der Waals surface area contributed by atoms with Gasteiger partial charge in [-0.25, -0.2) is 0 Å². The second-order valence-electron chi connectivity index (χ2n) is 6.58. The summed E-state index contributed by atoms with van der Waals surface area (Å²) < 4.78 is 1.79. The Labute approximate surface area is 155 Å². The first kappa shape index (κ1) is 18.2. The first-order valence-electron chi connectivity index (χ1n) is 9.04. The summed E-state index contributed by atoms with van der Waals surface area (Å²) in [6, 6.07) is 10.5. The molecule has 1 aromatic carbocycles. The van der Waals surface area contributed by atoms with Crippen LogP contribution in [0, 0.1) is 0 Å². The van der Waals surface area contributed by atoms with Gasteiger partial charge in [0.05, 0.1) is 5.69 Å². The summed E-state index contributed by atoms with van der Waals surface area (Å²) in [6.45, 7) is 8.40. The Morgan fingerprint density at radius 1 is 1.08 bits per heavy atom. The molecule has 134 valence electrons. The largest absolute Gasteiger partial charge is 0.297 e. The van der Waals surface area contributed by atoms with E-state index in [4.69, 9.17) is 11.6 Å². The third-order valence-electron chi connectivity index (χ3n) is 4.81. The van der Waals surface area contributed by atoms with Gasteiger partial charge in [-0.15, -0.1) is 0 Å².